The second-order valence-electron chi connectivity index (χ2n) is 1.54. The van der Waals surface area contributed by atoms with E-state index in [1.807, 2.05) is 0 Å². The zero-order valence-corrected chi connectivity index (χ0v) is 6.36. The molecule has 2 nitrogen and oxygen atoms in total. The Kier molecular flexibility index (Phi) is 2.90. The topological polar surface area (TPSA) is 34.1 Å². The van der Waals surface area contributed by atoms with Gasteiger partial charge in [-0.1, -0.05) is 15.9 Å². The SMILES string of the molecule is CC(=O)C(=O)C(C)Br. The van der Waals surface area contributed by atoms with Crippen LogP contribution in [0.3, 0.4) is 0 Å². The minimum Gasteiger partial charge on any atom is -0.291 e. The van der Waals surface area contributed by atoms with Crippen molar-refractivity contribution in [3.63, 3.8) is 0 Å². The van der Waals surface area contributed by atoms with E-state index in [9.17, 15) is 9.59 Å². The van der Waals surface area contributed by atoms with Crippen molar-refractivity contribution in [1.82, 2.24) is 0 Å². The standard InChI is InChI=1S/C5H7BrO2/c1-3(6)5(8)4(2)7/h3H,1-2H3. The summed E-state index contributed by atoms with van der Waals surface area (Å²) in [6.07, 6.45) is 0. The van der Waals surface area contributed by atoms with Gasteiger partial charge in [-0.3, -0.25) is 9.59 Å². The molecular formula is C5H7BrO2. The van der Waals surface area contributed by atoms with Gasteiger partial charge in [-0.15, -0.1) is 0 Å². The fourth-order valence-electron chi connectivity index (χ4n) is 0.280. The van der Waals surface area contributed by atoms with Gasteiger partial charge in [0.05, 0.1) is 4.83 Å². The highest BCUT2D eigenvalue weighted by molar-refractivity contribution is 9.10. The van der Waals surface area contributed by atoms with Crippen LogP contribution in [0.4, 0.5) is 0 Å². The van der Waals surface area contributed by atoms with Crippen LogP contribution in [0.2, 0.25) is 0 Å². The summed E-state index contributed by atoms with van der Waals surface area (Å²) < 4.78 is 0. The van der Waals surface area contributed by atoms with Gasteiger partial charge in [-0.2, -0.15) is 0 Å². The lowest BCUT2D eigenvalue weighted by molar-refractivity contribution is -0.134. The first-order chi connectivity index (χ1) is 3.55. The van der Waals surface area contributed by atoms with Crippen molar-refractivity contribution in [3.8, 4) is 0 Å². The van der Waals surface area contributed by atoms with Crippen LogP contribution >= 0.6 is 15.9 Å². The number of hydrogen-bond donors (Lipinski definition) is 0. The fourth-order valence-corrected chi connectivity index (χ4v) is 0.602. The van der Waals surface area contributed by atoms with Gasteiger partial charge in [-0.05, 0) is 6.92 Å². The van der Waals surface area contributed by atoms with Crippen molar-refractivity contribution >= 4 is 27.5 Å². The molecule has 0 radical (unpaired) electrons. The number of rotatable bonds is 2. The van der Waals surface area contributed by atoms with Gasteiger partial charge in [0, 0.05) is 6.92 Å². The summed E-state index contributed by atoms with van der Waals surface area (Å²) in [5.74, 6) is -0.764. The number of halogens is 1. The molecule has 0 fully saturated rings. The van der Waals surface area contributed by atoms with Gasteiger partial charge >= 0.3 is 0 Å². The van der Waals surface area contributed by atoms with E-state index in [0.717, 1.165) is 0 Å². The summed E-state index contributed by atoms with van der Waals surface area (Å²) in [6, 6.07) is 0. The molecule has 1 unspecified atom stereocenters. The Labute approximate surface area is 56.4 Å². The summed E-state index contributed by atoms with van der Waals surface area (Å²) in [4.78, 5) is 20.3. The van der Waals surface area contributed by atoms with Crippen molar-refractivity contribution in [1.29, 1.82) is 0 Å². The van der Waals surface area contributed by atoms with E-state index in [2.05, 4.69) is 15.9 Å². The van der Waals surface area contributed by atoms with Crippen LogP contribution in [0.25, 0.3) is 0 Å². The van der Waals surface area contributed by atoms with Crippen molar-refractivity contribution in [2.24, 2.45) is 0 Å². The largest absolute Gasteiger partial charge is 0.291 e. The molecule has 0 rings (SSSR count). The van der Waals surface area contributed by atoms with Gasteiger partial charge in [0.15, 0.2) is 5.78 Å². The Bertz CT molecular complexity index is 118. The highest BCUT2D eigenvalue weighted by Crippen LogP contribution is 1.98. The molecule has 1 atom stereocenters. The molecule has 3 heteroatoms. The van der Waals surface area contributed by atoms with E-state index >= 15 is 0 Å². The molecule has 8 heavy (non-hydrogen) atoms. The molecule has 0 aromatic rings. The molecule has 0 aromatic carbocycles. The predicted octanol–water partition coefficient (Wildman–Crippen LogP) is 0.928. The van der Waals surface area contributed by atoms with Gasteiger partial charge in [0.25, 0.3) is 0 Å². The first-order valence-corrected chi connectivity index (χ1v) is 3.16. The maximum atomic E-state index is 10.4. The van der Waals surface area contributed by atoms with Crippen molar-refractivity contribution in [2.75, 3.05) is 0 Å². The average molecular weight is 179 g/mol. The third-order valence-electron chi connectivity index (χ3n) is 0.708. The molecule has 0 spiro atoms. The molecule has 0 aromatic heterocycles. The fraction of sp³-hybridized carbons (Fsp3) is 0.600. The monoisotopic (exact) mass is 178 g/mol. The molecule has 0 heterocycles. The molecule has 0 saturated carbocycles. The van der Waals surface area contributed by atoms with Gasteiger partial charge in [0.2, 0.25) is 5.78 Å². The van der Waals surface area contributed by atoms with Crippen LogP contribution in [-0.2, 0) is 9.59 Å². The van der Waals surface area contributed by atoms with Crippen LogP contribution in [-0.4, -0.2) is 16.4 Å². The van der Waals surface area contributed by atoms with Gasteiger partial charge < -0.3 is 0 Å². The van der Waals surface area contributed by atoms with E-state index in [1.165, 1.54) is 6.92 Å². The van der Waals surface area contributed by atoms with E-state index in [0.29, 0.717) is 0 Å². The number of alkyl halides is 1. The van der Waals surface area contributed by atoms with Crippen LogP contribution in [0.1, 0.15) is 13.8 Å². The molecule has 0 amide bonds. The molecule has 0 aliphatic rings. The molecule has 0 aliphatic carbocycles. The normalized spacial score (nSPS) is 12.9. The van der Waals surface area contributed by atoms with E-state index in [-0.39, 0.29) is 10.6 Å². The van der Waals surface area contributed by atoms with Crippen LogP contribution < -0.4 is 0 Å². The van der Waals surface area contributed by atoms with Crippen LogP contribution in [0.15, 0.2) is 0 Å². The highest BCUT2D eigenvalue weighted by Gasteiger charge is 2.12. The maximum Gasteiger partial charge on any atom is 0.211 e. The lowest BCUT2D eigenvalue weighted by Gasteiger charge is -1.93. The third kappa shape index (κ3) is 2.21. The van der Waals surface area contributed by atoms with Crippen LogP contribution in [0.5, 0.6) is 0 Å². The first kappa shape index (κ1) is 7.82. The molecule has 0 aliphatic heterocycles. The Morgan fingerprint density at radius 1 is 1.50 bits per heavy atom. The predicted molar refractivity (Wildman–Crippen MR) is 34.1 cm³/mol. The molecule has 0 N–H and O–H groups in total. The number of hydrogen-bond acceptors (Lipinski definition) is 2. The van der Waals surface area contributed by atoms with E-state index in [4.69, 9.17) is 0 Å². The molecular weight excluding hydrogens is 172 g/mol. The number of ketones is 2. The second-order valence-corrected chi connectivity index (χ2v) is 2.91. The average Bonchev–Trinajstić information content (AvgIpc) is 1.64. The van der Waals surface area contributed by atoms with Crippen LogP contribution in [0, 0.1) is 0 Å². The summed E-state index contributed by atoms with van der Waals surface area (Å²) in [6.45, 7) is 2.89. The zero-order chi connectivity index (χ0) is 6.73. The quantitative estimate of drug-likeness (QED) is 0.466. The van der Waals surface area contributed by atoms with Crippen molar-refractivity contribution < 1.29 is 9.59 Å². The summed E-state index contributed by atoms with van der Waals surface area (Å²) in [5.41, 5.74) is 0. The third-order valence-corrected chi connectivity index (χ3v) is 1.12. The molecule has 0 bridgehead atoms. The minimum atomic E-state index is -0.394. The lowest BCUT2D eigenvalue weighted by atomic mass is 10.2. The maximum absolute atomic E-state index is 10.4. The van der Waals surface area contributed by atoms with E-state index in [1.54, 1.807) is 6.92 Å². The number of Topliss-reactive ketones (excluding diaryl/α,β-unsaturated/α-hetero) is 2. The van der Waals surface area contributed by atoms with E-state index < -0.39 is 5.78 Å². The Morgan fingerprint density at radius 3 is 1.88 bits per heavy atom. The Balaban J connectivity index is 3.84. The molecule has 0 saturated heterocycles. The number of carbonyl (C=O) groups excluding carboxylic acids is 2. The Hall–Kier alpha value is -0.180. The summed E-state index contributed by atoms with van der Waals surface area (Å²) >= 11 is 2.97. The summed E-state index contributed by atoms with van der Waals surface area (Å²) in [5, 5.41) is 0. The minimum absolute atomic E-state index is 0.333. The lowest BCUT2D eigenvalue weighted by Crippen LogP contribution is -2.17. The highest BCUT2D eigenvalue weighted by atomic mass is 79.9. The number of carbonyl (C=O) groups is 2. The van der Waals surface area contributed by atoms with Crippen molar-refractivity contribution in [2.45, 2.75) is 18.7 Å². The second kappa shape index (κ2) is 2.97. The van der Waals surface area contributed by atoms with Gasteiger partial charge in [-0.25, -0.2) is 0 Å². The smallest absolute Gasteiger partial charge is 0.211 e. The molecule has 46 valence electrons. The van der Waals surface area contributed by atoms with Gasteiger partial charge in [0.1, 0.15) is 0 Å². The zero-order valence-electron chi connectivity index (χ0n) is 4.77. The Morgan fingerprint density at radius 2 is 1.88 bits per heavy atom. The summed E-state index contributed by atoms with van der Waals surface area (Å²) in [7, 11) is 0. The van der Waals surface area contributed by atoms with Crippen molar-refractivity contribution in [3.05, 3.63) is 0 Å². The first-order valence-electron chi connectivity index (χ1n) is 2.24.